The summed E-state index contributed by atoms with van der Waals surface area (Å²) in [5.41, 5.74) is 7.02. The smallest absolute Gasteiger partial charge is 0.307 e. The van der Waals surface area contributed by atoms with Crippen molar-refractivity contribution in [1.29, 1.82) is 0 Å². The van der Waals surface area contributed by atoms with Crippen LogP contribution in [0.25, 0.3) is 0 Å². The van der Waals surface area contributed by atoms with Gasteiger partial charge >= 0.3 is 11.9 Å². The van der Waals surface area contributed by atoms with Crippen LogP contribution in [0.1, 0.15) is 31.7 Å². The number of halogens is 1. The number of carbonyl (C=O) groups excluding carboxylic acids is 4. The highest BCUT2D eigenvalue weighted by Crippen LogP contribution is 2.25. The molecule has 14 nitrogen and oxygen atoms in total. The molecule has 0 spiro atoms. The lowest BCUT2D eigenvalue weighted by molar-refractivity contribution is -0.142. The van der Waals surface area contributed by atoms with Gasteiger partial charge in [-0.05, 0) is 46.5 Å². The van der Waals surface area contributed by atoms with Crippen molar-refractivity contribution in [2.75, 3.05) is 51.9 Å². The maximum Gasteiger partial charge on any atom is 0.307 e. The number of aliphatic carboxylic acids is 1. The molecular formula is C27H39BrN4O10. The van der Waals surface area contributed by atoms with E-state index in [-0.39, 0.29) is 80.2 Å². The number of carboxylic acids is 1. The van der Waals surface area contributed by atoms with Crippen LogP contribution in [-0.2, 0) is 44.6 Å². The minimum Gasteiger partial charge on any atom is -0.506 e. The van der Waals surface area contributed by atoms with Gasteiger partial charge in [0.15, 0.2) is 0 Å². The molecule has 7 N–H and O–H groups in total. The van der Waals surface area contributed by atoms with Crippen molar-refractivity contribution in [3.63, 3.8) is 0 Å². The first-order valence-corrected chi connectivity index (χ1v) is 14.0. The van der Waals surface area contributed by atoms with Crippen LogP contribution in [0.2, 0.25) is 0 Å². The zero-order valence-electron chi connectivity index (χ0n) is 23.7. The molecule has 0 bridgehead atoms. The van der Waals surface area contributed by atoms with Crippen molar-refractivity contribution in [2.45, 2.75) is 38.6 Å². The van der Waals surface area contributed by atoms with Crippen LogP contribution in [0.15, 0.2) is 28.8 Å². The minimum atomic E-state index is -0.917. The molecule has 1 unspecified atom stereocenters. The molecule has 0 aliphatic rings. The van der Waals surface area contributed by atoms with Crippen molar-refractivity contribution in [1.82, 2.24) is 10.6 Å². The highest BCUT2D eigenvalue weighted by atomic mass is 79.9. The van der Waals surface area contributed by atoms with Crippen LogP contribution < -0.4 is 21.7 Å². The molecule has 0 aliphatic carbocycles. The number of esters is 1. The zero-order chi connectivity index (χ0) is 31.5. The summed E-state index contributed by atoms with van der Waals surface area (Å²) in [6.07, 6.45) is 1.79. The van der Waals surface area contributed by atoms with E-state index in [1.807, 2.05) is 0 Å². The Hall–Kier alpha value is -3.53. The first-order chi connectivity index (χ1) is 19.9. The Balaban J connectivity index is 2.22. The molecule has 0 radical (unpaired) electrons. The summed E-state index contributed by atoms with van der Waals surface area (Å²) in [6, 6.07) is 4.32. The molecule has 1 aromatic carbocycles. The fourth-order valence-electron chi connectivity index (χ4n) is 3.39. The normalized spacial score (nSPS) is 12.6. The topological polar surface area (TPSA) is 216 Å². The maximum absolute atomic E-state index is 12.3. The Kier molecular flexibility index (Phi) is 17.7. The van der Waals surface area contributed by atoms with Gasteiger partial charge in [0.25, 0.3) is 5.91 Å². The third-order valence-electron chi connectivity index (χ3n) is 5.62. The van der Waals surface area contributed by atoms with Gasteiger partial charge in [-0.25, -0.2) is 0 Å². The monoisotopic (exact) mass is 658 g/mol. The third kappa shape index (κ3) is 16.0. The standard InChI is InChI=1S/C27H39BrN4O10/c1-17(27(38)39)13-19(29)14-18-3-4-22(33)21(15-18)32-23(34)6-9-41-11-12-42-10-8-30-24(35)16-20(28)26(37)31-7-5-25(36)40-2/h3-4,15-17,19,33H,5-14,29H2,1-2H3,(H,30,35)(H,31,37)(H,32,34)(H,38,39)/b20-16+/t17?,19-/m1/s1. The number of ether oxygens (including phenoxy) is 3. The second-order valence-electron chi connectivity index (χ2n) is 9.18. The lowest BCUT2D eigenvalue weighted by Crippen LogP contribution is -2.29. The summed E-state index contributed by atoms with van der Waals surface area (Å²) in [4.78, 5) is 58.0. The molecule has 1 rings (SSSR count). The van der Waals surface area contributed by atoms with Gasteiger partial charge < -0.3 is 46.1 Å². The summed E-state index contributed by atoms with van der Waals surface area (Å²) in [5.74, 6) is -3.50. The number of aromatic hydroxyl groups is 1. The maximum atomic E-state index is 12.3. The number of hydrogen-bond donors (Lipinski definition) is 6. The molecule has 0 saturated carbocycles. The summed E-state index contributed by atoms with van der Waals surface area (Å²) in [6.45, 7) is 2.60. The number of nitrogens with one attached hydrogen (secondary N) is 3. The number of methoxy groups -OCH3 is 1. The molecule has 42 heavy (non-hydrogen) atoms. The van der Waals surface area contributed by atoms with E-state index in [9.17, 15) is 29.1 Å². The van der Waals surface area contributed by atoms with Crippen molar-refractivity contribution in [3.05, 3.63) is 34.3 Å². The van der Waals surface area contributed by atoms with Gasteiger partial charge in [0.05, 0.1) is 62.5 Å². The highest BCUT2D eigenvalue weighted by Gasteiger charge is 2.17. The molecule has 1 aromatic rings. The largest absolute Gasteiger partial charge is 0.506 e. The van der Waals surface area contributed by atoms with Crippen LogP contribution in [0.4, 0.5) is 5.69 Å². The quantitative estimate of drug-likeness (QED) is 0.0498. The number of nitrogens with two attached hydrogens (primary N) is 1. The van der Waals surface area contributed by atoms with Gasteiger partial charge in [-0.15, -0.1) is 0 Å². The second-order valence-corrected chi connectivity index (χ2v) is 10.0. The molecule has 0 heterocycles. The summed E-state index contributed by atoms with van der Waals surface area (Å²) >= 11 is 3.00. The average molecular weight is 660 g/mol. The fraction of sp³-hybridized carbons (Fsp3) is 0.519. The lowest BCUT2D eigenvalue weighted by atomic mass is 9.96. The van der Waals surface area contributed by atoms with E-state index < -0.39 is 29.7 Å². The molecule has 15 heteroatoms. The van der Waals surface area contributed by atoms with Crippen LogP contribution in [-0.4, -0.2) is 92.5 Å². The Bertz CT molecular complexity index is 1100. The average Bonchev–Trinajstić information content (AvgIpc) is 2.93. The molecular weight excluding hydrogens is 620 g/mol. The molecule has 234 valence electrons. The van der Waals surface area contributed by atoms with Gasteiger partial charge in [0, 0.05) is 25.2 Å². The second kappa shape index (κ2) is 20.4. The predicted molar refractivity (Wildman–Crippen MR) is 156 cm³/mol. The number of carbonyl (C=O) groups is 5. The van der Waals surface area contributed by atoms with Crippen molar-refractivity contribution in [3.8, 4) is 5.75 Å². The molecule has 0 fully saturated rings. The molecule has 0 aliphatic heterocycles. The van der Waals surface area contributed by atoms with E-state index in [0.717, 1.165) is 11.6 Å². The SMILES string of the molecule is COC(=O)CCNC(=O)/C(Br)=C\C(=O)NCCOCCOCCC(=O)Nc1cc(C[C@H](N)CC(C)C(=O)O)ccc1O. The van der Waals surface area contributed by atoms with Gasteiger partial charge in [0.2, 0.25) is 11.8 Å². The van der Waals surface area contributed by atoms with Gasteiger partial charge in [-0.3, -0.25) is 24.0 Å². The number of rotatable bonds is 20. The lowest BCUT2D eigenvalue weighted by Gasteiger charge is -2.15. The van der Waals surface area contributed by atoms with Gasteiger partial charge in [0.1, 0.15) is 5.75 Å². The van der Waals surface area contributed by atoms with E-state index in [0.29, 0.717) is 12.8 Å². The fourth-order valence-corrected chi connectivity index (χ4v) is 3.74. The number of amides is 3. The minimum absolute atomic E-state index is 0.00187. The van der Waals surface area contributed by atoms with Gasteiger partial charge in [-0.1, -0.05) is 13.0 Å². The number of carboxylic acid groups (broad SMARTS) is 1. The van der Waals surface area contributed by atoms with Crippen LogP contribution >= 0.6 is 15.9 Å². The number of hydrogen-bond acceptors (Lipinski definition) is 10. The van der Waals surface area contributed by atoms with E-state index in [2.05, 4.69) is 36.6 Å². The van der Waals surface area contributed by atoms with E-state index in [1.165, 1.54) is 13.2 Å². The Labute approximate surface area is 252 Å². The van der Waals surface area contributed by atoms with Crippen LogP contribution in [0.3, 0.4) is 0 Å². The summed E-state index contributed by atoms with van der Waals surface area (Å²) in [7, 11) is 1.24. The van der Waals surface area contributed by atoms with Crippen LogP contribution in [0, 0.1) is 5.92 Å². The number of phenolic OH excluding ortho intramolecular Hbond substituents is 1. The van der Waals surface area contributed by atoms with Crippen molar-refractivity contribution < 1.29 is 48.4 Å². The van der Waals surface area contributed by atoms with Gasteiger partial charge in [-0.2, -0.15) is 0 Å². The molecule has 2 atom stereocenters. The Morgan fingerprint density at radius 3 is 2.38 bits per heavy atom. The number of benzene rings is 1. The first kappa shape index (κ1) is 36.5. The van der Waals surface area contributed by atoms with E-state index in [4.69, 9.17) is 20.3 Å². The predicted octanol–water partition coefficient (Wildman–Crippen LogP) is 0.809. The molecule has 0 saturated heterocycles. The highest BCUT2D eigenvalue weighted by molar-refractivity contribution is 9.12. The molecule has 3 amide bonds. The summed E-state index contributed by atoms with van der Waals surface area (Å²) < 4.78 is 15.2. The van der Waals surface area contributed by atoms with Crippen molar-refractivity contribution >= 4 is 51.3 Å². The van der Waals surface area contributed by atoms with E-state index >= 15 is 0 Å². The van der Waals surface area contributed by atoms with E-state index in [1.54, 1.807) is 19.1 Å². The zero-order valence-corrected chi connectivity index (χ0v) is 25.2. The first-order valence-electron chi connectivity index (χ1n) is 13.2. The van der Waals surface area contributed by atoms with Crippen LogP contribution in [0.5, 0.6) is 5.75 Å². The number of anilines is 1. The Morgan fingerprint density at radius 2 is 1.71 bits per heavy atom. The molecule has 0 aromatic heterocycles. The summed E-state index contributed by atoms with van der Waals surface area (Å²) in [5, 5.41) is 26.7. The number of phenols is 1. The third-order valence-corrected chi connectivity index (χ3v) is 6.21. The van der Waals surface area contributed by atoms with Crippen molar-refractivity contribution in [2.24, 2.45) is 11.7 Å². The Morgan fingerprint density at radius 1 is 1.02 bits per heavy atom.